The number of rotatable bonds is 0. The molecule has 0 unspecified atom stereocenters. The number of aryl methyl sites for hydroxylation is 2. The van der Waals surface area contributed by atoms with Crippen molar-refractivity contribution in [2.24, 2.45) is 0 Å². The molecule has 0 aliphatic heterocycles. The fourth-order valence-electron chi connectivity index (χ4n) is 2.54. The molecule has 3 aromatic rings. The van der Waals surface area contributed by atoms with Crippen LogP contribution in [0.15, 0.2) is 42.5 Å². The van der Waals surface area contributed by atoms with Crippen molar-refractivity contribution in [2.75, 3.05) is 0 Å². The molecule has 1 N–H and O–H groups in total. The van der Waals surface area contributed by atoms with Gasteiger partial charge in [-0.1, -0.05) is 36.4 Å². The summed E-state index contributed by atoms with van der Waals surface area (Å²) < 4.78 is 0. The zero-order valence-electron chi connectivity index (χ0n) is 9.99. The zero-order chi connectivity index (χ0) is 12.0. The Morgan fingerprint density at radius 3 is 2.41 bits per heavy atom. The van der Waals surface area contributed by atoms with Crippen LogP contribution in [-0.4, -0.2) is 5.11 Å². The maximum atomic E-state index is 10.1. The first-order chi connectivity index (χ1) is 8.18. The monoisotopic (exact) mass is 222 g/mol. The summed E-state index contributed by atoms with van der Waals surface area (Å²) >= 11 is 0. The van der Waals surface area contributed by atoms with Crippen LogP contribution in [0, 0.1) is 13.8 Å². The first-order valence-corrected chi connectivity index (χ1v) is 5.79. The lowest BCUT2D eigenvalue weighted by atomic mass is 9.96. The Morgan fingerprint density at radius 2 is 1.59 bits per heavy atom. The maximum Gasteiger partial charge on any atom is 0.122 e. The molecule has 0 fully saturated rings. The van der Waals surface area contributed by atoms with Crippen LogP contribution in [0.1, 0.15) is 11.1 Å². The average Bonchev–Trinajstić information content (AvgIpc) is 2.35. The Balaban J connectivity index is 2.62. The van der Waals surface area contributed by atoms with Crippen LogP contribution >= 0.6 is 0 Å². The highest BCUT2D eigenvalue weighted by Crippen LogP contribution is 2.34. The topological polar surface area (TPSA) is 20.2 Å². The second-order valence-electron chi connectivity index (χ2n) is 4.55. The predicted molar refractivity (Wildman–Crippen MR) is 72.6 cm³/mol. The number of phenols is 1. The Hall–Kier alpha value is -2.02. The van der Waals surface area contributed by atoms with Gasteiger partial charge in [-0.05, 0) is 52.6 Å². The predicted octanol–water partition coefficient (Wildman–Crippen LogP) is 4.32. The van der Waals surface area contributed by atoms with Crippen LogP contribution in [0.4, 0.5) is 0 Å². The number of fused-ring (bicyclic) bond motifs is 3. The summed E-state index contributed by atoms with van der Waals surface area (Å²) in [5.74, 6) is 0.411. The van der Waals surface area contributed by atoms with Crippen molar-refractivity contribution in [2.45, 2.75) is 13.8 Å². The smallest absolute Gasteiger partial charge is 0.122 e. The molecule has 0 aliphatic carbocycles. The molecule has 1 nitrogen and oxygen atoms in total. The fourth-order valence-corrected chi connectivity index (χ4v) is 2.54. The van der Waals surface area contributed by atoms with Crippen molar-refractivity contribution in [1.29, 1.82) is 0 Å². The summed E-state index contributed by atoms with van der Waals surface area (Å²) in [6, 6.07) is 14.6. The minimum absolute atomic E-state index is 0.411. The van der Waals surface area contributed by atoms with Crippen molar-refractivity contribution >= 4 is 21.5 Å². The van der Waals surface area contributed by atoms with Gasteiger partial charge in [0.1, 0.15) is 5.75 Å². The van der Waals surface area contributed by atoms with Crippen LogP contribution in [0.5, 0.6) is 5.75 Å². The number of hydrogen-bond acceptors (Lipinski definition) is 1. The van der Waals surface area contributed by atoms with Gasteiger partial charge in [0, 0.05) is 0 Å². The van der Waals surface area contributed by atoms with Gasteiger partial charge in [-0.15, -0.1) is 0 Å². The zero-order valence-corrected chi connectivity index (χ0v) is 9.99. The molecule has 1 heteroatoms. The fraction of sp³-hybridized carbons (Fsp3) is 0.125. The first kappa shape index (κ1) is 10.2. The van der Waals surface area contributed by atoms with Crippen molar-refractivity contribution in [1.82, 2.24) is 0 Å². The quantitative estimate of drug-likeness (QED) is 0.562. The molecule has 0 heterocycles. The van der Waals surface area contributed by atoms with Gasteiger partial charge in [0.25, 0.3) is 0 Å². The molecular formula is C16H14O. The summed E-state index contributed by atoms with van der Waals surface area (Å²) in [5.41, 5.74) is 1.90. The van der Waals surface area contributed by atoms with Crippen LogP contribution in [0.25, 0.3) is 21.5 Å². The van der Waals surface area contributed by atoms with E-state index in [1.807, 2.05) is 32.0 Å². The molecule has 84 valence electrons. The average molecular weight is 222 g/mol. The lowest BCUT2D eigenvalue weighted by molar-refractivity contribution is 0.468. The molecule has 0 bridgehead atoms. The molecule has 0 radical (unpaired) electrons. The number of benzene rings is 3. The van der Waals surface area contributed by atoms with E-state index in [0.29, 0.717) is 5.75 Å². The molecule has 0 amide bonds. The molecule has 0 atom stereocenters. The summed E-state index contributed by atoms with van der Waals surface area (Å²) in [7, 11) is 0. The lowest BCUT2D eigenvalue weighted by Crippen LogP contribution is -1.86. The minimum Gasteiger partial charge on any atom is -0.507 e. The summed E-state index contributed by atoms with van der Waals surface area (Å²) in [4.78, 5) is 0. The van der Waals surface area contributed by atoms with Crippen LogP contribution in [-0.2, 0) is 0 Å². The van der Waals surface area contributed by atoms with Crippen LogP contribution in [0.3, 0.4) is 0 Å². The molecule has 3 aromatic carbocycles. The highest BCUT2D eigenvalue weighted by Gasteiger charge is 2.08. The number of aromatic hydroxyl groups is 1. The molecule has 17 heavy (non-hydrogen) atoms. The summed E-state index contributed by atoms with van der Waals surface area (Å²) in [6.07, 6.45) is 0. The van der Waals surface area contributed by atoms with E-state index < -0.39 is 0 Å². The molecule has 0 spiro atoms. The van der Waals surface area contributed by atoms with Gasteiger partial charge in [-0.2, -0.15) is 0 Å². The van der Waals surface area contributed by atoms with Crippen molar-refractivity contribution in [3.05, 3.63) is 53.6 Å². The van der Waals surface area contributed by atoms with Crippen molar-refractivity contribution < 1.29 is 5.11 Å². The molecule has 0 saturated heterocycles. The normalized spacial score (nSPS) is 11.2. The molecule has 0 saturated carbocycles. The third-order valence-corrected chi connectivity index (χ3v) is 3.44. The Bertz CT molecular complexity index is 726. The first-order valence-electron chi connectivity index (χ1n) is 5.79. The van der Waals surface area contributed by atoms with Gasteiger partial charge in [-0.3, -0.25) is 0 Å². The minimum atomic E-state index is 0.411. The van der Waals surface area contributed by atoms with Crippen LogP contribution in [0.2, 0.25) is 0 Å². The van der Waals surface area contributed by atoms with Crippen molar-refractivity contribution in [3.63, 3.8) is 0 Å². The van der Waals surface area contributed by atoms with E-state index in [9.17, 15) is 5.11 Å². The second-order valence-corrected chi connectivity index (χ2v) is 4.55. The highest BCUT2D eigenvalue weighted by atomic mass is 16.3. The number of hydrogen-bond donors (Lipinski definition) is 1. The van der Waals surface area contributed by atoms with Crippen LogP contribution < -0.4 is 0 Å². The summed E-state index contributed by atoms with van der Waals surface area (Å²) in [6.45, 7) is 3.92. The standard InChI is InChI=1S/C16H14O/c1-10-9-13-8-7-12-5-3-4-6-14(12)15(13)11(2)16(10)17/h3-9,17H,1-2H3. The second kappa shape index (κ2) is 3.49. The van der Waals surface area contributed by atoms with Gasteiger partial charge in [-0.25, -0.2) is 0 Å². The molecule has 0 aromatic heterocycles. The third-order valence-electron chi connectivity index (χ3n) is 3.44. The van der Waals surface area contributed by atoms with Gasteiger partial charge >= 0.3 is 0 Å². The van der Waals surface area contributed by atoms with Gasteiger partial charge in [0.15, 0.2) is 0 Å². The van der Waals surface area contributed by atoms with E-state index in [1.54, 1.807) is 0 Å². The van der Waals surface area contributed by atoms with Crippen molar-refractivity contribution in [3.8, 4) is 5.75 Å². The van der Waals surface area contributed by atoms with E-state index in [0.717, 1.165) is 16.5 Å². The van der Waals surface area contributed by atoms with E-state index in [-0.39, 0.29) is 0 Å². The lowest BCUT2D eigenvalue weighted by Gasteiger charge is -2.10. The van der Waals surface area contributed by atoms with E-state index in [1.165, 1.54) is 16.2 Å². The highest BCUT2D eigenvalue weighted by molar-refractivity contribution is 6.10. The van der Waals surface area contributed by atoms with E-state index in [4.69, 9.17) is 0 Å². The molecule has 3 rings (SSSR count). The molecular weight excluding hydrogens is 208 g/mol. The van der Waals surface area contributed by atoms with E-state index >= 15 is 0 Å². The largest absolute Gasteiger partial charge is 0.507 e. The SMILES string of the molecule is Cc1cc2ccc3ccccc3c2c(C)c1O. The Labute approximate surface area is 100 Å². The van der Waals surface area contributed by atoms with Gasteiger partial charge in [0.2, 0.25) is 0 Å². The molecule has 0 aliphatic rings. The Morgan fingerprint density at radius 1 is 0.882 bits per heavy atom. The summed E-state index contributed by atoms with van der Waals surface area (Å²) in [5, 5.41) is 14.8. The van der Waals surface area contributed by atoms with Gasteiger partial charge in [0.05, 0.1) is 0 Å². The Kier molecular flexibility index (Phi) is 2.08. The maximum absolute atomic E-state index is 10.1. The van der Waals surface area contributed by atoms with Gasteiger partial charge < -0.3 is 5.11 Å². The number of phenolic OH excluding ortho intramolecular Hbond substituents is 1. The van der Waals surface area contributed by atoms with E-state index in [2.05, 4.69) is 24.3 Å². The third kappa shape index (κ3) is 1.39.